The number of carbonyl (C=O) groups is 1. The normalized spacial score (nSPS) is 9.88. The van der Waals surface area contributed by atoms with Crippen LogP contribution in [0.2, 0.25) is 0 Å². The third-order valence-electron chi connectivity index (χ3n) is 2.11. The average molecular weight is 314 g/mol. The summed E-state index contributed by atoms with van der Waals surface area (Å²) in [5, 5.41) is 17.4. The molecule has 0 saturated carbocycles. The minimum absolute atomic E-state index is 0.332. The molecular formula is C12H12BrNO2S. The van der Waals surface area contributed by atoms with Crippen LogP contribution in [0.4, 0.5) is 0 Å². The molecule has 0 spiro atoms. The molecule has 0 aliphatic carbocycles. The summed E-state index contributed by atoms with van der Waals surface area (Å²) in [6.07, 6.45) is 2.34. The number of halogens is 1. The minimum Gasteiger partial charge on any atom is -0.478 e. The van der Waals surface area contributed by atoms with Crippen LogP contribution in [0.1, 0.15) is 29.6 Å². The molecule has 1 aromatic carbocycles. The lowest BCUT2D eigenvalue weighted by molar-refractivity contribution is 0.0693. The highest BCUT2D eigenvalue weighted by atomic mass is 79.9. The Hall–Kier alpha value is -0.990. The maximum Gasteiger partial charge on any atom is 0.336 e. The van der Waals surface area contributed by atoms with Gasteiger partial charge in [-0.2, -0.15) is 5.26 Å². The highest BCUT2D eigenvalue weighted by Gasteiger charge is 2.10. The van der Waals surface area contributed by atoms with Crippen molar-refractivity contribution in [3.05, 3.63) is 28.2 Å². The summed E-state index contributed by atoms with van der Waals surface area (Å²) in [5.74, 6) is -0.0738. The monoisotopic (exact) mass is 313 g/mol. The first-order valence-corrected chi connectivity index (χ1v) is 6.95. The number of carboxylic acid groups (broad SMARTS) is 1. The molecule has 0 atom stereocenters. The van der Waals surface area contributed by atoms with Crippen molar-refractivity contribution >= 4 is 33.7 Å². The summed E-state index contributed by atoms with van der Waals surface area (Å²) in [4.78, 5) is 11.8. The van der Waals surface area contributed by atoms with E-state index in [0.29, 0.717) is 12.0 Å². The van der Waals surface area contributed by atoms with Gasteiger partial charge in [0.2, 0.25) is 0 Å². The van der Waals surface area contributed by atoms with E-state index in [1.165, 1.54) is 11.8 Å². The maximum atomic E-state index is 11.0. The number of aromatic carboxylic acids is 1. The molecular weight excluding hydrogens is 302 g/mol. The predicted molar refractivity (Wildman–Crippen MR) is 71.3 cm³/mol. The highest BCUT2D eigenvalue weighted by Crippen LogP contribution is 2.27. The number of carboxylic acids is 1. The molecule has 3 nitrogen and oxygen atoms in total. The molecule has 0 aliphatic heterocycles. The van der Waals surface area contributed by atoms with E-state index in [4.69, 9.17) is 10.4 Å². The number of nitrogens with zero attached hydrogens (tertiary/aromatic N) is 1. The van der Waals surface area contributed by atoms with Crippen molar-refractivity contribution in [1.82, 2.24) is 0 Å². The van der Waals surface area contributed by atoms with Gasteiger partial charge in [-0.15, -0.1) is 11.8 Å². The fourth-order valence-corrected chi connectivity index (χ4v) is 2.88. The third-order valence-corrected chi connectivity index (χ3v) is 3.75. The Balaban J connectivity index is 2.60. The van der Waals surface area contributed by atoms with Crippen LogP contribution < -0.4 is 0 Å². The van der Waals surface area contributed by atoms with Gasteiger partial charge in [-0.25, -0.2) is 4.79 Å². The SMILES string of the molecule is N#CCCCCSc1cc(Br)ccc1C(=O)O. The number of nitriles is 1. The Morgan fingerprint density at radius 2 is 2.24 bits per heavy atom. The number of hydrogen-bond donors (Lipinski definition) is 1. The molecule has 0 fully saturated rings. The van der Waals surface area contributed by atoms with Gasteiger partial charge >= 0.3 is 5.97 Å². The molecule has 0 aromatic heterocycles. The van der Waals surface area contributed by atoms with Gasteiger partial charge in [0.15, 0.2) is 0 Å². The first-order valence-electron chi connectivity index (χ1n) is 5.17. The topological polar surface area (TPSA) is 61.1 Å². The van der Waals surface area contributed by atoms with Gasteiger partial charge in [0.25, 0.3) is 0 Å². The number of hydrogen-bond acceptors (Lipinski definition) is 3. The van der Waals surface area contributed by atoms with Crippen molar-refractivity contribution in [3.8, 4) is 6.07 Å². The van der Waals surface area contributed by atoms with Crippen LogP contribution in [0.25, 0.3) is 0 Å². The number of rotatable bonds is 6. The Morgan fingerprint density at radius 3 is 2.88 bits per heavy atom. The zero-order valence-corrected chi connectivity index (χ0v) is 11.6. The van der Waals surface area contributed by atoms with E-state index in [1.807, 2.05) is 6.07 Å². The molecule has 0 aliphatic rings. The Kier molecular flexibility index (Phi) is 6.09. The molecule has 0 radical (unpaired) electrons. The van der Waals surface area contributed by atoms with Crippen molar-refractivity contribution in [2.45, 2.75) is 24.2 Å². The molecule has 0 heterocycles. The van der Waals surface area contributed by atoms with Gasteiger partial charge in [-0.3, -0.25) is 0 Å². The summed E-state index contributed by atoms with van der Waals surface area (Å²) >= 11 is 4.85. The molecule has 1 aromatic rings. The van der Waals surface area contributed by atoms with Crippen molar-refractivity contribution in [1.29, 1.82) is 5.26 Å². The van der Waals surface area contributed by atoms with E-state index in [0.717, 1.165) is 28.0 Å². The van der Waals surface area contributed by atoms with Crippen molar-refractivity contribution < 1.29 is 9.90 Å². The van der Waals surface area contributed by atoms with Crippen LogP contribution >= 0.6 is 27.7 Å². The maximum absolute atomic E-state index is 11.0. The number of benzene rings is 1. The van der Waals surface area contributed by atoms with Gasteiger partial charge in [-0.05, 0) is 36.8 Å². The van der Waals surface area contributed by atoms with Crippen LogP contribution in [0.3, 0.4) is 0 Å². The first-order chi connectivity index (χ1) is 8.15. The summed E-state index contributed by atoms with van der Waals surface area (Å²) in [5.41, 5.74) is 0.332. The lowest BCUT2D eigenvalue weighted by Crippen LogP contribution is -1.99. The van der Waals surface area contributed by atoms with Gasteiger partial charge in [-0.1, -0.05) is 15.9 Å². The fourth-order valence-electron chi connectivity index (χ4n) is 1.28. The van der Waals surface area contributed by atoms with Crippen LogP contribution in [0, 0.1) is 11.3 Å². The van der Waals surface area contributed by atoms with Crippen LogP contribution in [0.5, 0.6) is 0 Å². The largest absolute Gasteiger partial charge is 0.478 e. The lowest BCUT2D eigenvalue weighted by Gasteiger charge is -2.06. The van der Waals surface area contributed by atoms with E-state index in [2.05, 4.69) is 22.0 Å². The van der Waals surface area contributed by atoms with E-state index in [1.54, 1.807) is 12.1 Å². The van der Waals surface area contributed by atoms with Gasteiger partial charge < -0.3 is 5.11 Å². The second kappa shape index (κ2) is 7.36. The fraction of sp³-hybridized carbons (Fsp3) is 0.333. The quantitative estimate of drug-likeness (QED) is 0.638. The zero-order valence-electron chi connectivity index (χ0n) is 9.15. The molecule has 5 heteroatoms. The van der Waals surface area contributed by atoms with E-state index in [9.17, 15) is 4.79 Å². The first kappa shape index (κ1) is 14.1. The summed E-state index contributed by atoms with van der Waals surface area (Å²) in [6.45, 7) is 0. The lowest BCUT2D eigenvalue weighted by atomic mass is 10.2. The third kappa shape index (κ3) is 4.80. The molecule has 0 bridgehead atoms. The standard InChI is InChI=1S/C12H12BrNO2S/c13-9-4-5-10(12(15)16)11(8-9)17-7-3-1-2-6-14/h4-5,8H,1-3,7H2,(H,15,16). The number of unbranched alkanes of at least 4 members (excludes halogenated alkanes) is 2. The van der Waals surface area contributed by atoms with Crippen molar-refractivity contribution in [3.63, 3.8) is 0 Å². The average Bonchev–Trinajstić information content (AvgIpc) is 2.28. The van der Waals surface area contributed by atoms with E-state index in [-0.39, 0.29) is 0 Å². The van der Waals surface area contributed by atoms with E-state index >= 15 is 0 Å². The van der Waals surface area contributed by atoms with Crippen LogP contribution in [-0.2, 0) is 0 Å². The Bertz CT molecular complexity index is 443. The molecule has 1 N–H and O–H groups in total. The zero-order chi connectivity index (χ0) is 12.7. The van der Waals surface area contributed by atoms with Crippen LogP contribution in [0.15, 0.2) is 27.6 Å². The summed E-state index contributed by atoms with van der Waals surface area (Å²) in [6, 6.07) is 7.24. The molecule has 90 valence electrons. The van der Waals surface area contributed by atoms with Crippen molar-refractivity contribution in [2.75, 3.05) is 5.75 Å². The second-order valence-corrected chi connectivity index (χ2v) is 5.46. The van der Waals surface area contributed by atoms with Crippen molar-refractivity contribution in [2.24, 2.45) is 0 Å². The molecule has 0 saturated heterocycles. The minimum atomic E-state index is -0.906. The van der Waals surface area contributed by atoms with Crippen LogP contribution in [-0.4, -0.2) is 16.8 Å². The Labute approximate surface area is 113 Å². The number of thioether (sulfide) groups is 1. The van der Waals surface area contributed by atoms with E-state index < -0.39 is 5.97 Å². The van der Waals surface area contributed by atoms with Gasteiger partial charge in [0.05, 0.1) is 11.6 Å². The summed E-state index contributed by atoms with van der Waals surface area (Å²) in [7, 11) is 0. The smallest absolute Gasteiger partial charge is 0.336 e. The molecule has 0 unspecified atom stereocenters. The highest BCUT2D eigenvalue weighted by molar-refractivity contribution is 9.10. The molecule has 1 rings (SSSR count). The molecule has 17 heavy (non-hydrogen) atoms. The predicted octanol–water partition coefficient (Wildman–Crippen LogP) is 3.93. The van der Waals surface area contributed by atoms with Gasteiger partial charge in [0, 0.05) is 15.8 Å². The molecule has 0 amide bonds. The van der Waals surface area contributed by atoms with Gasteiger partial charge in [0.1, 0.15) is 0 Å². The summed E-state index contributed by atoms with van der Waals surface area (Å²) < 4.78 is 0.877. The Morgan fingerprint density at radius 1 is 1.47 bits per heavy atom. The second-order valence-electron chi connectivity index (χ2n) is 3.41.